The van der Waals surface area contributed by atoms with E-state index >= 15 is 0 Å². The van der Waals surface area contributed by atoms with Crippen LogP contribution in [0.5, 0.6) is 0 Å². The zero-order valence-corrected chi connectivity index (χ0v) is 29.7. The van der Waals surface area contributed by atoms with Gasteiger partial charge in [-0.25, -0.2) is 9.59 Å². The summed E-state index contributed by atoms with van der Waals surface area (Å²) in [6, 6.07) is 0. The number of amidine groups is 2. The summed E-state index contributed by atoms with van der Waals surface area (Å²) in [5, 5.41) is 5.63. The van der Waals surface area contributed by atoms with E-state index in [-0.39, 0.29) is 27.6 Å². The van der Waals surface area contributed by atoms with Crippen molar-refractivity contribution in [2.24, 2.45) is 21.3 Å². The van der Waals surface area contributed by atoms with E-state index in [9.17, 15) is 19.2 Å². The van der Waals surface area contributed by atoms with E-state index in [4.69, 9.17) is 9.47 Å². The van der Waals surface area contributed by atoms with Crippen LogP contribution >= 0.6 is 23.5 Å². The van der Waals surface area contributed by atoms with Crippen molar-refractivity contribution in [2.45, 2.75) is 93.3 Å². The van der Waals surface area contributed by atoms with Gasteiger partial charge in [0.25, 0.3) is 11.8 Å². The number of nitrogens with one attached hydrogen (secondary N) is 2. The third-order valence-electron chi connectivity index (χ3n) is 6.25. The molecular formula is C32H48N4O6S2. The number of amides is 4. The Labute approximate surface area is 270 Å². The largest absolute Gasteiger partial charge is 0.442 e. The average Bonchev–Trinajstić information content (AvgIpc) is 2.87. The first-order valence-corrected chi connectivity index (χ1v) is 16.7. The molecule has 0 radical (unpaired) electrons. The van der Waals surface area contributed by atoms with Gasteiger partial charge in [0.15, 0.2) is 10.3 Å². The molecule has 12 heteroatoms. The van der Waals surface area contributed by atoms with Gasteiger partial charge in [0, 0.05) is 17.1 Å². The fourth-order valence-corrected chi connectivity index (χ4v) is 4.58. The summed E-state index contributed by atoms with van der Waals surface area (Å²) in [4.78, 5) is 57.6. The van der Waals surface area contributed by atoms with Gasteiger partial charge in [-0.3, -0.25) is 9.59 Å². The highest BCUT2D eigenvalue weighted by molar-refractivity contribution is 8.13. The Morgan fingerprint density at radius 3 is 1.77 bits per heavy atom. The van der Waals surface area contributed by atoms with Crippen molar-refractivity contribution in [1.82, 2.24) is 10.6 Å². The summed E-state index contributed by atoms with van der Waals surface area (Å²) in [6.07, 6.45) is 13.2. The Hall–Kier alpha value is -3.12. The highest BCUT2D eigenvalue weighted by atomic mass is 32.2. The first kappa shape index (κ1) is 38.9. The molecule has 1 aliphatic rings. The minimum Gasteiger partial charge on any atom is -0.442 e. The Morgan fingerprint density at radius 1 is 0.886 bits per heavy atom. The number of allylic oxidation sites excluding steroid dienone is 6. The van der Waals surface area contributed by atoms with E-state index in [1.54, 1.807) is 74.0 Å². The second-order valence-electron chi connectivity index (χ2n) is 12.7. The lowest BCUT2D eigenvalue weighted by atomic mass is 9.68. The molecular weight excluding hydrogens is 601 g/mol. The predicted molar refractivity (Wildman–Crippen MR) is 182 cm³/mol. The normalized spacial score (nSPS) is 20.6. The molecule has 1 rings (SSSR count). The highest BCUT2D eigenvalue weighted by Crippen LogP contribution is 2.42. The summed E-state index contributed by atoms with van der Waals surface area (Å²) in [7, 11) is 0. The molecule has 244 valence electrons. The number of carbonyl (C=O) groups is 4. The third kappa shape index (κ3) is 14.6. The maximum atomic E-state index is 13.0. The van der Waals surface area contributed by atoms with Gasteiger partial charge in [0.2, 0.25) is 0 Å². The van der Waals surface area contributed by atoms with E-state index in [1.807, 2.05) is 18.2 Å². The zero-order chi connectivity index (χ0) is 33.9. The monoisotopic (exact) mass is 648 g/mol. The quantitative estimate of drug-likeness (QED) is 0.104. The van der Waals surface area contributed by atoms with Gasteiger partial charge in [-0.2, -0.15) is 9.98 Å². The van der Waals surface area contributed by atoms with Crippen LogP contribution in [0, 0.1) is 11.3 Å². The second kappa shape index (κ2) is 16.8. The molecule has 1 aliphatic carbocycles. The van der Waals surface area contributed by atoms with Crippen LogP contribution in [0.15, 0.2) is 57.1 Å². The second-order valence-corrected chi connectivity index (χ2v) is 14.3. The van der Waals surface area contributed by atoms with Crippen molar-refractivity contribution in [3.05, 3.63) is 47.1 Å². The molecule has 2 atom stereocenters. The molecule has 0 saturated carbocycles. The molecule has 0 heterocycles. The molecule has 4 amide bonds. The fourth-order valence-electron chi connectivity index (χ4n) is 3.86. The molecule has 2 N–H and O–H groups in total. The number of ether oxygens (including phenoxy) is 2. The third-order valence-corrected chi connectivity index (χ3v) is 7.41. The van der Waals surface area contributed by atoms with E-state index in [0.717, 1.165) is 36.4 Å². The van der Waals surface area contributed by atoms with E-state index in [1.165, 1.54) is 5.57 Å². The Bertz CT molecular complexity index is 1280. The van der Waals surface area contributed by atoms with E-state index < -0.39 is 29.3 Å². The summed E-state index contributed by atoms with van der Waals surface area (Å²) in [6.45, 7) is 18.0. The maximum absolute atomic E-state index is 13.0. The van der Waals surface area contributed by atoms with Gasteiger partial charge in [-0.1, -0.05) is 66.4 Å². The SMILES string of the molecule is CS/C(=N/C(=O)OC(C)(C)C)NC(=O)/C(C)=C/C=C/[C@@]1(C)CCC(C)=C[C@H]1/C=C(\C)C(=O)N/C(=N\C(=O)OC(C)(C)C)SC. The van der Waals surface area contributed by atoms with Crippen LogP contribution < -0.4 is 10.6 Å². The topological polar surface area (TPSA) is 136 Å². The van der Waals surface area contributed by atoms with Crippen LogP contribution in [0.1, 0.15) is 82.1 Å². The maximum Gasteiger partial charge on any atom is 0.436 e. The number of hydrogen-bond acceptors (Lipinski definition) is 8. The lowest BCUT2D eigenvalue weighted by Crippen LogP contribution is -2.32. The number of carbonyl (C=O) groups excluding carboxylic acids is 4. The first-order chi connectivity index (χ1) is 20.2. The van der Waals surface area contributed by atoms with Crippen LogP contribution in [0.4, 0.5) is 9.59 Å². The highest BCUT2D eigenvalue weighted by Gasteiger charge is 2.32. The van der Waals surface area contributed by atoms with Crippen molar-refractivity contribution >= 4 is 57.9 Å². The van der Waals surface area contributed by atoms with Gasteiger partial charge in [-0.05, 0) is 93.1 Å². The number of thioether (sulfide) groups is 2. The van der Waals surface area contributed by atoms with Crippen LogP contribution in [0.25, 0.3) is 0 Å². The Kier molecular flexibility index (Phi) is 14.9. The average molecular weight is 649 g/mol. The number of rotatable bonds is 5. The molecule has 0 spiro atoms. The minimum absolute atomic E-state index is 0.0923. The number of aliphatic imine (C=N–C) groups is 2. The minimum atomic E-state index is -0.777. The lowest BCUT2D eigenvalue weighted by molar-refractivity contribution is -0.116. The van der Waals surface area contributed by atoms with E-state index in [0.29, 0.717) is 11.1 Å². The molecule has 0 unspecified atom stereocenters. The Morgan fingerprint density at radius 2 is 1.34 bits per heavy atom. The summed E-state index contributed by atoms with van der Waals surface area (Å²) in [5.74, 6) is -0.850. The van der Waals surface area contributed by atoms with Crippen LogP contribution in [-0.4, -0.2) is 58.0 Å². The van der Waals surface area contributed by atoms with Crippen molar-refractivity contribution < 1.29 is 28.7 Å². The smallest absolute Gasteiger partial charge is 0.436 e. The lowest BCUT2D eigenvalue weighted by Gasteiger charge is -2.36. The zero-order valence-electron chi connectivity index (χ0n) is 28.0. The fraction of sp³-hybridized carbons (Fsp3) is 0.562. The summed E-state index contributed by atoms with van der Waals surface area (Å²) >= 11 is 2.27. The molecule has 44 heavy (non-hydrogen) atoms. The van der Waals surface area contributed by atoms with Crippen LogP contribution in [-0.2, 0) is 19.1 Å². The van der Waals surface area contributed by atoms with Crippen molar-refractivity contribution in [3.8, 4) is 0 Å². The van der Waals surface area contributed by atoms with Crippen LogP contribution in [0.2, 0.25) is 0 Å². The molecule has 0 aliphatic heterocycles. The molecule has 0 aromatic carbocycles. The van der Waals surface area contributed by atoms with E-state index in [2.05, 4.69) is 40.5 Å². The number of hydrogen-bond donors (Lipinski definition) is 2. The predicted octanol–water partition coefficient (Wildman–Crippen LogP) is 7.34. The van der Waals surface area contributed by atoms with Gasteiger partial charge in [-0.15, -0.1) is 0 Å². The van der Waals surface area contributed by atoms with Crippen molar-refractivity contribution in [1.29, 1.82) is 0 Å². The standard InChI is InChI=1S/C32H48N4O6S2/c1-20-15-17-32(10,16-13-14-21(2)24(37)33-26(43-11)35-28(39)41-30(4,5)6)23(18-20)19-22(3)25(38)34-27(44-12)36-29(40)42-31(7,8)9/h13-14,16,18-19,23H,15,17H2,1-12H3,(H,33,35,37,39)(H,34,36,38,40)/b16-13+,21-14+,22-19+/t23-,32-/m0/s1. The molecule has 0 aromatic rings. The number of nitrogens with zero attached hydrogens (tertiary/aromatic N) is 2. The Balaban J connectivity index is 3.09. The van der Waals surface area contributed by atoms with Crippen molar-refractivity contribution in [3.63, 3.8) is 0 Å². The van der Waals surface area contributed by atoms with Gasteiger partial charge >= 0.3 is 12.2 Å². The molecule has 10 nitrogen and oxygen atoms in total. The van der Waals surface area contributed by atoms with Crippen molar-refractivity contribution in [2.75, 3.05) is 12.5 Å². The van der Waals surface area contributed by atoms with Gasteiger partial charge < -0.3 is 20.1 Å². The molecule has 0 bridgehead atoms. The van der Waals surface area contributed by atoms with Gasteiger partial charge in [0.1, 0.15) is 11.2 Å². The molecule has 0 aromatic heterocycles. The molecule has 0 saturated heterocycles. The summed E-state index contributed by atoms with van der Waals surface area (Å²) in [5.41, 5.74) is 0.408. The molecule has 0 fully saturated rings. The first-order valence-electron chi connectivity index (χ1n) is 14.2. The van der Waals surface area contributed by atoms with Crippen LogP contribution in [0.3, 0.4) is 0 Å². The van der Waals surface area contributed by atoms with Gasteiger partial charge in [0.05, 0.1) is 0 Å². The summed E-state index contributed by atoms with van der Waals surface area (Å²) < 4.78 is 10.4.